The lowest BCUT2D eigenvalue weighted by Crippen LogP contribution is -1.92. The van der Waals surface area contributed by atoms with Crippen LogP contribution in [-0.2, 0) is 4.79 Å². The van der Waals surface area contributed by atoms with Gasteiger partial charge in [-0.2, -0.15) is 12.6 Å². The van der Waals surface area contributed by atoms with E-state index in [1.807, 2.05) is 0 Å². The summed E-state index contributed by atoms with van der Waals surface area (Å²) in [4.78, 5) is 9.29. The Kier molecular flexibility index (Phi) is 9.91. The third kappa shape index (κ3) is 84.2. The van der Waals surface area contributed by atoms with E-state index in [1.54, 1.807) is 0 Å². The molecule has 4 nitrogen and oxygen atoms in total. The summed E-state index contributed by atoms with van der Waals surface area (Å²) < 4.78 is 0. The summed E-state index contributed by atoms with van der Waals surface area (Å²) in [5, 5.41) is 22.9. The Morgan fingerprint density at radius 2 is 1.78 bits per heavy atom. The fourth-order valence-electron chi connectivity index (χ4n) is 0. The van der Waals surface area contributed by atoms with Gasteiger partial charge in [0.2, 0.25) is 0 Å². The van der Waals surface area contributed by atoms with Crippen LogP contribution in [-0.4, -0.2) is 33.3 Å². The predicted molar refractivity (Wildman–Crippen MR) is 35.4 cm³/mol. The quantitative estimate of drug-likeness (QED) is 0.298. The van der Waals surface area contributed by atoms with E-state index >= 15 is 0 Å². The maximum absolute atomic E-state index is 9.29. The summed E-state index contributed by atoms with van der Waals surface area (Å²) in [6, 6.07) is 0. The number of thiol groups is 1. The molecule has 0 heterocycles. The first kappa shape index (κ1) is 11.5. The first-order valence-electron chi connectivity index (χ1n) is 2.19. The van der Waals surface area contributed by atoms with E-state index in [0.29, 0.717) is 0 Å². The van der Waals surface area contributed by atoms with Crippen molar-refractivity contribution in [3.8, 4) is 0 Å². The van der Waals surface area contributed by atoms with Crippen molar-refractivity contribution in [2.45, 2.75) is 13.2 Å². The Hall–Kier alpha value is -0.260. The molecular formula is C4H10O4S. The smallest absolute Gasteiger partial charge is 0.313 e. The second-order valence-electron chi connectivity index (χ2n) is 1.18. The molecule has 5 heteroatoms. The number of aliphatic hydroxyl groups excluding tert-OH is 1. The topological polar surface area (TPSA) is 77.8 Å². The van der Waals surface area contributed by atoms with E-state index in [2.05, 4.69) is 12.6 Å². The molecule has 0 saturated carbocycles. The third-order valence-corrected chi connectivity index (χ3v) is 0.406. The minimum Gasteiger partial charge on any atom is -0.481 e. The van der Waals surface area contributed by atoms with Crippen LogP contribution in [0.2, 0.25) is 0 Å². The Bertz CT molecular complexity index is 70.2. The Labute approximate surface area is 58.5 Å². The molecule has 0 unspecified atom stereocenters. The first-order chi connectivity index (χ1) is 4.00. The van der Waals surface area contributed by atoms with Crippen molar-refractivity contribution in [3.05, 3.63) is 0 Å². The molecule has 0 radical (unpaired) electrons. The van der Waals surface area contributed by atoms with Gasteiger partial charge in [0.1, 0.15) is 6.29 Å². The molecule has 0 atom stereocenters. The molecule has 0 aromatic heterocycles. The monoisotopic (exact) mass is 154 g/mol. The summed E-state index contributed by atoms with van der Waals surface area (Å²) in [5.74, 6) is -0.965. The zero-order valence-electron chi connectivity index (χ0n) is 4.98. The van der Waals surface area contributed by atoms with E-state index in [1.165, 1.54) is 6.92 Å². The Morgan fingerprint density at radius 3 is 1.78 bits per heavy atom. The van der Waals surface area contributed by atoms with Crippen LogP contribution < -0.4 is 0 Å². The van der Waals surface area contributed by atoms with Gasteiger partial charge in [0.25, 0.3) is 0 Å². The van der Waals surface area contributed by atoms with E-state index in [9.17, 15) is 4.79 Å². The number of hydrogen-bond donors (Lipinski definition) is 4. The van der Waals surface area contributed by atoms with E-state index < -0.39 is 12.3 Å². The molecule has 0 aliphatic rings. The van der Waals surface area contributed by atoms with Crippen LogP contribution in [0.25, 0.3) is 0 Å². The molecule has 0 rings (SSSR count). The van der Waals surface area contributed by atoms with Crippen molar-refractivity contribution in [2.24, 2.45) is 0 Å². The molecule has 0 saturated heterocycles. The highest BCUT2D eigenvalue weighted by Crippen LogP contribution is 1.66. The van der Waals surface area contributed by atoms with E-state index in [4.69, 9.17) is 15.3 Å². The van der Waals surface area contributed by atoms with Gasteiger partial charge in [0, 0.05) is 0 Å². The molecular weight excluding hydrogens is 144 g/mol. The number of carboxylic acids is 1. The predicted octanol–water partition coefficient (Wildman–Crippen LogP) is -0.682. The van der Waals surface area contributed by atoms with Crippen LogP contribution in [0.3, 0.4) is 0 Å². The minimum atomic E-state index is -1.17. The highest BCUT2D eigenvalue weighted by molar-refractivity contribution is 7.81. The van der Waals surface area contributed by atoms with Crippen molar-refractivity contribution >= 4 is 18.6 Å². The first-order valence-corrected chi connectivity index (χ1v) is 2.82. The molecule has 0 bridgehead atoms. The second kappa shape index (κ2) is 7.74. The fourth-order valence-corrected chi connectivity index (χ4v) is 0. The number of hydrogen-bond acceptors (Lipinski definition) is 4. The van der Waals surface area contributed by atoms with Crippen LogP contribution in [0, 0.1) is 0 Å². The molecule has 0 aliphatic heterocycles. The molecule has 56 valence electrons. The molecule has 0 spiro atoms. The van der Waals surface area contributed by atoms with Gasteiger partial charge >= 0.3 is 5.97 Å². The third-order valence-electron chi connectivity index (χ3n) is 0.135. The summed E-state index contributed by atoms with van der Waals surface area (Å²) in [6.45, 7) is 1.28. The number of rotatable bonds is 1. The van der Waals surface area contributed by atoms with Gasteiger partial charge in [-0.25, -0.2) is 0 Å². The largest absolute Gasteiger partial charge is 0.481 e. The van der Waals surface area contributed by atoms with Gasteiger partial charge < -0.3 is 15.3 Å². The highest BCUT2D eigenvalue weighted by atomic mass is 32.1. The molecule has 0 aromatic carbocycles. The van der Waals surface area contributed by atoms with Crippen molar-refractivity contribution in [3.63, 3.8) is 0 Å². The maximum Gasteiger partial charge on any atom is 0.313 e. The van der Waals surface area contributed by atoms with E-state index in [-0.39, 0.29) is 5.75 Å². The lowest BCUT2D eigenvalue weighted by molar-refractivity contribution is -0.133. The Morgan fingerprint density at radius 1 is 1.67 bits per heavy atom. The van der Waals surface area contributed by atoms with Gasteiger partial charge in [0.15, 0.2) is 0 Å². The lowest BCUT2D eigenvalue weighted by atomic mass is 10.8. The second-order valence-corrected chi connectivity index (χ2v) is 1.50. The zero-order valence-corrected chi connectivity index (χ0v) is 5.88. The van der Waals surface area contributed by atoms with Gasteiger partial charge in [-0.3, -0.25) is 4.79 Å². The molecule has 0 amide bonds. The van der Waals surface area contributed by atoms with Crippen molar-refractivity contribution in [2.75, 3.05) is 5.75 Å². The van der Waals surface area contributed by atoms with Crippen LogP contribution in [0.4, 0.5) is 0 Å². The molecule has 0 aliphatic carbocycles. The van der Waals surface area contributed by atoms with Crippen LogP contribution >= 0.6 is 12.6 Å². The van der Waals surface area contributed by atoms with Gasteiger partial charge in [-0.15, -0.1) is 0 Å². The zero-order chi connectivity index (χ0) is 7.86. The standard InChI is InChI=1S/C2H4O2S.C2H6O2/c3-2(4)1-5;1-2(3)4/h5H,1H2,(H,3,4);2-4H,1H3. The molecule has 9 heavy (non-hydrogen) atoms. The lowest BCUT2D eigenvalue weighted by Gasteiger charge is -1.80. The van der Waals surface area contributed by atoms with Crippen molar-refractivity contribution < 1.29 is 20.1 Å². The number of carboxylic acid groups (broad SMARTS) is 1. The molecule has 0 fully saturated rings. The minimum absolute atomic E-state index is 0.0833. The maximum atomic E-state index is 9.29. The van der Waals surface area contributed by atoms with Gasteiger partial charge in [-0.1, -0.05) is 0 Å². The summed E-state index contributed by atoms with van der Waals surface area (Å²) in [6.07, 6.45) is -1.17. The van der Waals surface area contributed by atoms with Crippen LogP contribution in [0.1, 0.15) is 6.92 Å². The highest BCUT2D eigenvalue weighted by Gasteiger charge is 1.81. The SMILES string of the molecule is CC(O)O.O=C(O)CS. The van der Waals surface area contributed by atoms with E-state index in [0.717, 1.165) is 0 Å². The molecule has 3 N–H and O–H groups in total. The average Bonchev–Trinajstić information content (AvgIpc) is 1.65. The summed E-state index contributed by atoms with van der Waals surface area (Å²) in [7, 11) is 0. The van der Waals surface area contributed by atoms with Crippen molar-refractivity contribution in [1.82, 2.24) is 0 Å². The normalized spacial score (nSPS) is 8.11. The van der Waals surface area contributed by atoms with Gasteiger partial charge in [-0.05, 0) is 6.92 Å². The summed E-state index contributed by atoms with van der Waals surface area (Å²) >= 11 is 3.42. The molecule has 0 aromatic rings. The number of carbonyl (C=O) groups is 1. The van der Waals surface area contributed by atoms with Crippen LogP contribution in [0.5, 0.6) is 0 Å². The fraction of sp³-hybridized carbons (Fsp3) is 0.750. The average molecular weight is 154 g/mol. The summed E-state index contributed by atoms with van der Waals surface area (Å²) in [5.41, 5.74) is 0. The number of aliphatic hydroxyl groups is 2. The van der Waals surface area contributed by atoms with Gasteiger partial charge in [0.05, 0.1) is 5.75 Å². The van der Waals surface area contributed by atoms with Crippen LogP contribution in [0.15, 0.2) is 0 Å². The van der Waals surface area contributed by atoms with Crippen molar-refractivity contribution in [1.29, 1.82) is 0 Å². The Balaban J connectivity index is 0. The number of aliphatic carboxylic acids is 1.